The molecule has 0 saturated carbocycles. The van der Waals surface area contributed by atoms with E-state index in [2.05, 4.69) is 4.98 Å². The van der Waals surface area contributed by atoms with Crippen molar-refractivity contribution in [2.75, 3.05) is 26.4 Å². The zero-order valence-corrected chi connectivity index (χ0v) is 13.5. The van der Waals surface area contributed by atoms with Crippen molar-refractivity contribution in [1.29, 1.82) is 0 Å². The van der Waals surface area contributed by atoms with E-state index in [-0.39, 0.29) is 24.0 Å². The second-order valence-corrected chi connectivity index (χ2v) is 6.42. The first-order valence-corrected chi connectivity index (χ1v) is 8.12. The van der Waals surface area contributed by atoms with Gasteiger partial charge in [0.1, 0.15) is 5.60 Å². The second kappa shape index (κ2) is 6.93. The Morgan fingerprint density at radius 2 is 2.35 bits per heavy atom. The molecule has 0 radical (unpaired) electrons. The van der Waals surface area contributed by atoms with Crippen LogP contribution in [0.3, 0.4) is 0 Å². The van der Waals surface area contributed by atoms with Gasteiger partial charge in [0, 0.05) is 18.7 Å². The molecule has 0 unspecified atom stereocenters. The molecule has 1 amide bonds. The van der Waals surface area contributed by atoms with Crippen LogP contribution in [-0.2, 0) is 20.9 Å². The normalized spacial score (nSPS) is 22.9. The summed E-state index contributed by atoms with van der Waals surface area (Å²) in [4.78, 5) is 17.8. The fraction of sp³-hybridized carbons (Fsp3) is 0.647. The molecule has 2 aliphatic heterocycles. The average Bonchev–Trinajstić information content (AvgIpc) is 2.51. The van der Waals surface area contributed by atoms with Crippen molar-refractivity contribution in [3.63, 3.8) is 0 Å². The van der Waals surface area contributed by atoms with Crippen molar-refractivity contribution in [3.05, 3.63) is 29.6 Å². The standard InChI is InChI=1S/C17H23FN2O3/c1-13-3-2-4-14(19-13)10-22-15-6-8-23-17(9-15)11-20(12-17)16(21)5-7-18/h2-4,15H,5-12H2,1H3/t15-/m0/s1. The van der Waals surface area contributed by atoms with Crippen LogP contribution < -0.4 is 0 Å². The number of hydrogen-bond donors (Lipinski definition) is 0. The fourth-order valence-electron chi connectivity index (χ4n) is 3.29. The van der Waals surface area contributed by atoms with Gasteiger partial charge in [0.2, 0.25) is 5.91 Å². The number of carbonyl (C=O) groups excluding carboxylic acids is 1. The maximum Gasteiger partial charge on any atom is 0.225 e. The van der Waals surface area contributed by atoms with E-state index >= 15 is 0 Å². The maximum absolute atomic E-state index is 12.2. The Hall–Kier alpha value is -1.53. The van der Waals surface area contributed by atoms with Crippen LogP contribution in [0.25, 0.3) is 0 Å². The first-order chi connectivity index (χ1) is 11.1. The molecule has 6 heteroatoms. The molecule has 3 heterocycles. The lowest BCUT2D eigenvalue weighted by Crippen LogP contribution is -2.67. The highest BCUT2D eigenvalue weighted by Gasteiger charge is 2.49. The first-order valence-electron chi connectivity index (χ1n) is 8.12. The summed E-state index contributed by atoms with van der Waals surface area (Å²) < 4.78 is 24.1. The summed E-state index contributed by atoms with van der Waals surface area (Å²) in [5, 5.41) is 0. The Kier molecular flexibility index (Phi) is 4.92. The number of alkyl halides is 1. The topological polar surface area (TPSA) is 51.7 Å². The highest BCUT2D eigenvalue weighted by molar-refractivity contribution is 5.77. The molecular formula is C17H23FN2O3. The van der Waals surface area contributed by atoms with Crippen molar-refractivity contribution < 1.29 is 18.7 Å². The minimum Gasteiger partial charge on any atom is -0.372 e. The molecule has 0 aliphatic carbocycles. The van der Waals surface area contributed by atoms with Crippen molar-refractivity contribution in [2.45, 2.75) is 44.5 Å². The number of likely N-dealkylation sites (tertiary alicyclic amines) is 1. The Balaban J connectivity index is 1.49. The number of amides is 1. The lowest BCUT2D eigenvalue weighted by atomic mass is 9.84. The summed E-state index contributed by atoms with van der Waals surface area (Å²) in [6.45, 7) is 3.59. The van der Waals surface area contributed by atoms with Crippen molar-refractivity contribution >= 4 is 5.91 Å². The minimum absolute atomic E-state index is 0.0327. The highest BCUT2D eigenvalue weighted by atomic mass is 19.1. The van der Waals surface area contributed by atoms with Gasteiger partial charge in [0.15, 0.2) is 0 Å². The first kappa shape index (κ1) is 16.3. The quantitative estimate of drug-likeness (QED) is 0.832. The number of halogens is 1. The zero-order chi connectivity index (χ0) is 16.3. The number of ether oxygens (including phenoxy) is 2. The fourth-order valence-corrected chi connectivity index (χ4v) is 3.29. The van der Waals surface area contributed by atoms with E-state index in [4.69, 9.17) is 9.47 Å². The Morgan fingerprint density at radius 1 is 1.52 bits per heavy atom. The number of carbonyl (C=O) groups is 1. The van der Waals surface area contributed by atoms with Crippen LogP contribution in [0.5, 0.6) is 0 Å². The number of pyridine rings is 1. The van der Waals surface area contributed by atoms with Gasteiger partial charge in [-0.15, -0.1) is 0 Å². The molecule has 1 aromatic rings. The Labute approximate surface area is 135 Å². The van der Waals surface area contributed by atoms with E-state index in [0.717, 1.165) is 24.2 Å². The van der Waals surface area contributed by atoms with Gasteiger partial charge in [-0.1, -0.05) is 6.07 Å². The maximum atomic E-state index is 12.2. The van der Waals surface area contributed by atoms with Gasteiger partial charge < -0.3 is 14.4 Å². The summed E-state index contributed by atoms with van der Waals surface area (Å²) in [6.07, 6.45) is 1.71. The number of nitrogens with zero attached hydrogens (tertiary/aromatic N) is 2. The van der Waals surface area contributed by atoms with E-state index in [9.17, 15) is 9.18 Å². The highest BCUT2D eigenvalue weighted by Crippen LogP contribution is 2.35. The lowest BCUT2D eigenvalue weighted by Gasteiger charge is -2.53. The summed E-state index contributed by atoms with van der Waals surface area (Å²) in [5.74, 6) is -0.131. The average molecular weight is 322 g/mol. The molecule has 2 fully saturated rings. The minimum atomic E-state index is -0.599. The molecule has 1 atom stereocenters. The van der Waals surface area contributed by atoms with Gasteiger partial charge in [-0.25, -0.2) is 0 Å². The van der Waals surface area contributed by atoms with E-state index in [1.54, 1.807) is 4.90 Å². The molecule has 0 bridgehead atoms. The van der Waals surface area contributed by atoms with Gasteiger partial charge in [-0.05, 0) is 25.5 Å². The predicted octanol–water partition coefficient (Wildman–Crippen LogP) is 2.03. The third kappa shape index (κ3) is 3.87. The van der Waals surface area contributed by atoms with Gasteiger partial charge in [-0.3, -0.25) is 14.2 Å². The van der Waals surface area contributed by atoms with Crippen LogP contribution in [-0.4, -0.2) is 53.9 Å². The van der Waals surface area contributed by atoms with Crippen LogP contribution in [0.4, 0.5) is 4.39 Å². The molecular weight excluding hydrogens is 299 g/mol. The van der Waals surface area contributed by atoms with Crippen LogP contribution in [0, 0.1) is 6.92 Å². The molecule has 5 nitrogen and oxygen atoms in total. The summed E-state index contributed by atoms with van der Waals surface area (Å²) in [7, 11) is 0. The molecule has 23 heavy (non-hydrogen) atoms. The molecule has 3 rings (SSSR count). The van der Waals surface area contributed by atoms with Crippen LogP contribution in [0.2, 0.25) is 0 Å². The monoisotopic (exact) mass is 322 g/mol. The molecule has 1 spiro atoms. The number of hydrogen-bond acceptors (Lipinski definition) is 4. The number of aromatic nitrogens is 1. The van der Waals surface area contributed by atoms with Gasteiger partial charge in [0.25, 0.3) is 0 Å². The van der Waals surface area contributed by atoms with Crippen molar-refractivity contribution in [2.24, 2.45) is 0 Å². The van der Waals surface area contributed by atoms with Crippen LogP contribution in [0.15, 0.2) is 18.2 Å². The third-order valence-electron chi connectivity index (χ3n) is 4.48. The largest absolute Gasteiger partial charge is 0.372 e. The van der Waals surface area contributed by atoms with Crippen LogP contribution in [0.1, 0.15) is 30.7 Å². The summed E-state index contributed by atoms with van der Waals surface area (Å²) in [5.41, 5.74) is 1.61. The predicted molar refractivity (Wildman–Crippen MR) is 82.6 cm³/mol. The molecule has 0 aromatic carbocycles. The lowest BCUT2D eigenvalue weighted by molar-refractivity contribution is -0.202. The number of aryl methyl sites for hydroxylation is 1. The smallest absolute Gasteiger partial charge is 0.225 e. The molecule has 1 aromatic heterocycles. The van der Waals surface area contributed by atoms with Gasteiger partial charge >= 0.3 is 0 Å². The molecule has 0 N–H and O–H groups in total. The summed E-state index contributed by atoms with van der Waals surface area (Å²) in [6, 6.07) is 5.90. The Bertz CT molecular complexity index is 561. The molecule has 2 aliphatic rings. The molecule has 126 valence electrons. The Morgan fingerprint density at radius 3 is 3.09 bits per heavy atom. The SMILES string of the molecule is Cc1cccc(CO[C@H]2CCOC3(C2)CN(C(=O)CCF)C3)n1. The van der Waals surface area contributed by atoms with Crippen molar-refractivity contribution in [1.82, 2.24) is 9.88 Å². The van der Waals surface area contributed by atoms with Gasteiger partial charge in [-0.2, -0.15) is 0 Å². The van der Waals surface area contributed by atoms with Crippen LogP contribution >= 0.6 is 0 Å². The van der Waals surface area contributed by atoms with Crippen molar-refractivity contribution in [3.8, 4) is 0 Å². The van der Waals surface area contributed by atoms with E-state index < -0.39 is 6.67 Å². The summed E-state index contributed by atoms with van der Waals surface area (Å²) >= 11 is 0. The van der Waals surface area contributed by atoms with Gasteiger partial charge in [0.05, 0.1) is 44.6 Å². The number of rotatable bonds is 5. The molecule has 2 saturated heterocycles. The third-order valence-corrected chi connectivity index (χ3v) is 4.48. The second-order valence-electron chi connectivity index (χ2n) is 6.42. The zero-order valence-electron chi connectivity index (χ0n) is 13.5. The van der Waals surface area contributed by atoms with E-state index in [1.807, 2.05) is 25.1 Å². The van der Waals surface area contributed by atoms with E-state index in [1.165, 1.54) is 0 Å². The van der Waals surface area contributed by atoms with E-state index in [0.29, 0.717) is 26.3 Å².